The third kappa shape index (κ3) is 10.4. The molecule has 0 spiro atoms. The van der Waals surface area contributed by atoms with Crippen molar-refractivity contribution in [2.45, 2.75) is 65.4 Å². The molecule has 0 aliphatic carbocycles. The summed E-state index contributed by atoms with van der Waals surface area (Å²) in [5.41, 5.74) is 2.37. The number of likely N-dealkylation sites (tertiary alicyclic amines) is 1. The molecule has 1 atom stereocenters. The first-order valence-corrected chi connectivity index (χ1v) is 17.3. The number of nitrogens with one attached hydrogen (secondary N) is 1. The van der Waals surface area contributed by atoms with E-state index < -0.39 is 5.82 Å². The maximum Gasteiger partial charge on any atom is 0.278 e. The Kier molecular flexibility index (Phi) is 12.1. The van der Waals surface area contributed by atoms with Crippen molar-refractivity contribution in [2.75, 3.05) is 39.2 Å². The Balaban J connectivity index is 1.21. The van der Waals surface area contributed by atoms with Gasteiger partial charge in [0.2, 0.25) is 0 Å². The highest BCUT2D eigenvalue weighted by Gasteiger charge is 2.21. The number of thiazole rings is 1. The Labute approximate surface area is 290 Å². The quantitative estimate of drug-likeness (QED) is 0.119. The lowest BCUT2D eigenvalue weighted by Crippen LogP contribution is -2.22. The lowest BCUT2D eigenvalue weighted by atomic mass is 9.89. The number of carbonyl (C=O) groups excluding carboxylic acids is 2. The lowest BCUT2D eigenvalue weighted by molar-refractivity contribution is -0.119. The molecule has 1 aliphatic rings. The van der Waals surface area contributed by atoms with Crippen LogP contribution in [-0.4, -0.2) is 71.4 Å². The van der Waals surface area contributed by atoms with E-state index in [-0.39, 0.29) is 40.9 Å². The van der Waals surface area contributed by atoms with E-state index >= 15 is 4.39 Å². The van der Waals surface area contributed by atoms with E-state index in [0.29, 0.717) is 59.2 Å². The first-order valence-electron chi connectivity index (χ1n) is 16.5. The molecule has 0 unspecified atom stereocenters. The molecule has 10 nitrogen and oxygen atoms in total. The van der Waals surface area contributed by atoms with Gasteiger partial charge in [-0.3, -0.25) is 14.5 Å². The number of hydrogen-bond donors (Lipinski definition) is 1. The highest BCUT2D eigenvalue weighted by Crippen LogP contribution is 2.33. The Morgan fingerprint density at radius 1 is 1.14 bits per heavy atom. The highest BCUT2D eigenvalue weighted by atomic mass is 32.1. The number of allylic oxidation sites excluding steroid dienone is 1. The maximum atomic E-state index is 15.3. The van der Waals surface area contributed by atoms with Crippen LogP contribution >= 0.6 is 11.3 Å². The van der Waals surface area contributed by atoms with Gasteiger partial charge in [0, 0.05) is 68.9 Å². The molecule has 1 aliphatic heterocycles. The Morgan fingerprint density at radius 2 is 1.98 bits per heavy atom. The number of nitrogens with zero attached hydrogens (tertiary/aromatic N) is 4. The predicted molar refractivity (Wildman–Crippen MR) is 190 cm³/mol. The fourth-order valence-electron chi connectivity index (χ4n) is 5.55. The van der Waals surface area contributed by atoms with Crippen molar-refractivity contribution >= 4 is 45.3 Å². The molecular weight excluding hydrogens is 646 g/mol. The van der Waals surface area contributed by atoms with Crippen LogP contribution in [0.25, 0.3) is 10.9 Å². The second kappa shape index (κ2) is 16.4. The molecule has 260 valence electrons. The number of anilines is 2. The van der Waals surface area contributed by atoms with E-state index in [1.807, 2.05) is 12.1 Å². The first-order chi connectivity index (χ1) is 23.5. The number of carbonyl (C=O) groups is 2. The van der Waals surface area contributed by atoms with Crippen molar-refractivity contribution in [2.24, 2.45) is 5.41 Å². The van der Waals surface area contributed by atoms with Crippen molar-refractivity contribution in [3.8, 4) is 16.7 Å². The van der Waals surface area contributed by atoms with Crippen LogP contribution in [0, 0.1) is 11.2 Å². The molecule has 0 bridgehead atoms. The van der Waals surface area contributed by atoms with Gasteiger partial charge in [-0.2, -0.15) is 0 Å². The van der Waals surface area contributed by atoms with Gasteiger partial charge < -0.3 is 19.5 Å². The zero-order valence-electron chi connectivity index (χ0n) is 28.8. The molecule has 0 radical (unpaired) electrons. The summed E-state index contributed by atoms with van der Waals surface area (Å²) in [6.07, 6.45) is 8.53. The third-order valence-corrected chi connectivity index (χ3v) is 9.14. The van der Waals surface area contributed by atoms with Crippen molar-refractivity contribution in [3.63, 3.8) is 0 Å². The summed E-state index contributed by atoms with van der Waals surface area (Å²) < 4.78 is 32.2. The lowest BCUT2D eigenvalue weighted by Gasteiger charge is -2.16. The average Bonchev–Trinajstić information content (AvgIpc) is 3.72. The number of hydrogen-bond acceptors (Lipinski definition) is 11. The molecule has 5 rings (SSSR count). The largest absolute Gasteiger partial charge is 0.496 e. The highest BCUT2D eigenvalue weighted by molar-refractivity contribution is 7.11. The minimum Gasteiger partial charge on any atom is -0.496 e. The Morgan fingerprint density at radius 3 is 2.71 bits per heavy atom. The average molecular weight is 690 g/mol. The van der Waals surface area contributed by atoms with Gasteiger partial charge in [-0.1, -0.05) is 38.2 Å². The molecular formula is C37H44FN5O5S. The molecule has 2 aromatic carbocycles. The first kappa shape index (κ1) is 36.0. The van der Waals surface area contributed by atoms with Crippen molar-refractivity contribution in [1.29, 1.82) is 0 Å². The number of ether oxygens (including phenoxy) is 3. The summed E-state index contributed by atoms with van der Waals surface area (Å²) in [5, 5.41) is 5.87. The van der Waals surface area contributed by atoms with Gasteiger partial charge in [-0.15, -0.1) is 0 Å². The minimum atomic E-state index is -0.545. The second-order valence-electron chi connectivity index (χ2n) is 13.4. The van der Waals surface area contributed by atoms with Crippen LogP contribution in [0.15, 0.2) is 54.2 Å². The van der Waals surface area contributed by atoms with Crippen LogP contribution in [0.3, 0.4) is 0 Å². The van der Waals surface area contributed by atoms with Crippen LogP contribution in [0.1, 0.15) is 57.7 Å². The molecule has 1 fully saturated rings. The van der Waals surface area contributed by atoms with Gasteiger partial charge in [0.1, 0.15) is 35.2 Å². The monoisotopic (exact) mass is 689 g/mol. The SMILES string of the molecule is COc1cc2ncnc(Nc3ccc(Oc4nc(CC(=O)CCC(C)(C)C)cs4)cc3F)c2cc1CCC(=O)/C=C/CN1CC[C@@H](OC)C1. The predicted octanol–water partition coefficient (Wildman–Crippen LogP) is 7.49. The molecule has 2 aromatic heterocycles. The van der Waals surface area contributed by atoms with E-state index in [4.69, 9.17) is 14.2 Å². The van der Waals surface area contributed by atoms with Gasteiger partial charge in [0.25, 0.3) is 5.19 Å². The van der Waals surface area contributed by atoms with Gasteiger partial charge >= 0.3 is 0 Å². The van der Waals surface area contributed by atoms with Gasteiger partial charge in [0.15, 0.2) is 5.78 Å². The number of aryl methyl sites for hydroxylation is 1. The summed E-state index contributed by atoms with van der Waals surface area (Å²) >= 11 is 1.26. The number of Topliss-reactive ketones (excluding diaryl/α,β-unsaturated/α-hetero) is 1. The molecule has 3 heterocycles. The summed E-state index contributed by atoms with van der Waals surface area (Å²) in [5.74, 6) is 0.913. The number of fused-ring (bicyclic) bond motifs is 1. The standard InChI is InChI=1S/C37H44FN5O5S/c1-37(2,3)14-12-27(45)18-25-22-49-36(41-25)48-28-10-11-32(31(38)19-28)42-35-30-17-24(34(47-5)20-33(30)39-23-40-35)8-9-26(44)7-6-15-43-16-13-29(21-43)46-4/h6-7,10-11,17,19-20,22-23,29H,8-9,12-16,18,21H2,1-5H3,(H,39,40,42)/b7-6+/t29-/m1/s1. The van der Waals surface area contributed by atoms with E-state index in [1.165, 1.54) is 23.7 Å². The number of ketones is 2. The summed E-state index contributed by atoms with van der Waals surface area (Å²) in [6.45, 7) is 8.88. The summed E-state index contributed by atoms with van der Waals surface area (Å²) in [4.78, 5) is 40.5. The Hall–Kier alpha value is -4.26. The van der Waals surface area contributed by atoms with Crippen molar-refractivity contribution < 1.29 is 28.2 Å². The molecule has 1 N–H and O–H groups in total. The smallest absolute Gasteiger partial charge is 0.278 e. The van der Waals surface area contributed by atoms with Crippen LogP contribution in [-0.2, 0) is 27.2 Å². The van der Waals surface area contributed by atoms with Crippen molar-refractivity contribution in [3.05, 3.63) is 71.3 Å². The van der Waals surface area contributed by atoms with Gasteiger partial charge in [-0.05, 0) is 54.5 Å². The van der Waals surface area contributed by atoms with Gasteiger partial charge in [0.05, 0.1) is 30.1 Å². The fourth-order valence-corrected chi connectivity index (χ4v) is 6.24. The van der Waals surface area contributed by atoms with E-state index in [1.54, 1.807) is 43.9 Å². The molecule has 49 heavy (non-hydrogen) atoms. The van der Waals surface area contributed by atoms with Crippen LogP contribution in [0.5, 0.6) is 16.7 Å². The number of rotatable bonds is 16. The van der Waals surface area contributed by atoms with Crippen LogP contribution in [0.2, 0.25) is 0 Å². The van der Waals surface area contributed by atoms with Gasteiger partial charge in [-0.25, -0.2) is 19.3 Å². The second-order valence-corrected chi connectivity index (χ2v) is 14.2. The third-order valence-electron chi connectivity index (χ3n) is 8.37. The number of benzene rings is 2. The van der Waals surface area contributed by atoms with Crippen molar-refractivity contribution in [1.82, 2.24) is 19.9 Å². The van der Waals surface area contributed by atoms with E-state index in [9.17, 15) is 9.59 Å². The number of halogens is 1. The topological polar surface area (TPSA) is 116 Å². The molecule has 4 aromatic rings. The number of methoxy groups -OCH3 is 2. The molecule has 0 amide bonds. The molecule has 12 heteroatoms. The zero-order valence-corrected chi connectivity index (χ0v) is 29.6. The summed E-state index contributed by atoms with van der Waals surface area (Å²) in [7, 11) is 3.31. The normalized spacial score (nSPS) is 15.3. The van der Waals surface area contributed by atoms with Crippen LogP contribution < -0.4 is 14.8 Å². The Bertz CT molecular complexity index is 1800. The molecule has 0 saturated carbocycles. The van der Waals surface area contributed by atoms with E-state index in [0.717, 1.165) is 31.5 Å². The maximum absolute atomic E-state index is 15.3. The number of aromatic nitrogens is 3. The minimum absolute atomic E-state index is 0.0234. The summed E-state index contributed by atoms with van der Waals surface area (Å²) in [6, 6.07) is 8.15. The zero-order chi connectivity index (χ0) is 35.0. The van der Waals surface area contributed by atoms with Crippen LogP contribution in [0.4, 0.5) is 15.9 Å². The van der Waals surface area contributed by atoms with E-state index in [2.05, 4.69) is 45.9 Å². The fraction of sp³-hybridized carbons (Fsp3) is 0.432. The molecule has 1 saturated heterocycles.